The molecule has 0 fully saturated rings. The lowest BCUT2D eigenvalue weighted by Gasteiger charge is -2.38. The van der Waals surface area contributed by atoms with Gasteiger partial charge in [-0.1, -0.05) is 35.3 Å². The van der Waals surface area contributed by atoms with Crippen LogP contribution in [-0.2, 0) is 0 Å². The Labute approximate surface area is 210 Å². The number of nitrogens with zero attached hydrogens (tertiary/aromatic N) is 4. The van der Waals surface area contributed by atoms with Crippen molar-refractivity contribution in [2.75, 3.05) is 27.2 Å². The summed E-state index contributed by atoms with van der Waals surface area (Å²) in [4.78, 5) is 30.6. The lowest BCUT2D eigenvalue weighted by Crippen LogP contribution is -2.53. The van der Waals surface area contributed by atoms with Crippen molar-refractivity contribution in [3.05, 3.63) is 63.6 Å². The number of likely N-dealkylation sites (N-methyl/N-ethyl adjacent to an activating group) is 1. The van der Waals surface area contributed by atoms with Crippen LogP contribution in [0.15, 0.2) is 47.6 Å². The van der Waals surface area contributed by atoms with E-state index in [4.69, 9.17) is 27.9 Å². The zero-order valence-electron chi connectivity index (χ0n) is 20.1. The molecule has 3 amide bonds. The maximum absolute atomic E-state index is 14.0. The molecule has 2 aromatic carbocycles. The lowest BCUT2D eigenvalue weighted by atomic mass is 10.1. The van der Waals surface area contributed by atoms with Gasteiger partial charge in [-0.2, -0.15) is 5.10 Å². The van der Waals surface area contributed by atoms with Crippen LogP contribution < -0.4 is 4.74 Å². The Kier molecular flexibility index (Phi) is 8.44. The summed E-state index contributed by atoms with van der Waals surface area (Å²) in [6.45, 7) is 6.61. The van der Waals surface area contributed by atoms with Gasteiger partial charge in [0.2, 0.25) is 0 Å². The molecule has 0 N–H and O–H groups in total. The Morgan fingerprint density at radius 1 is 1.12 bits per heavy atom. The number of imide groups is 1. The third kappa shape index (κ3) is 5.83. The van der Waals surface area contributed by atoms with E-state index in [0.717, 1.165) is 17.0 Å². The Morgan fingerprint density at radius 2 is 1.79 bits per heavy atom. The van der Waals surface area contributed by atoms with Gasteiger partial charge in [0.1, 0.15) is 5.75 Å². The minimum absolute atomic E-state index is 0.261. The van der Waals surface area contributed by atoms with Crippen molar-refractivity contribution in [3.8, 4) is 5.75 Å². The number of urea groups is 1. The van der Waals surface area contributed by atoms with Gasteiger partial charge in [0, 0.05) is 37.3 Å². The number of carbonyl (C=O) groups is 2. The van der Waals surface area contributed by atoms with Crippen molar-refractivity contribution >= 4 is 40.9 Å². The summed E-state index contributed by atoms with van der Waals surface area (Å²) in [5.74, 6) is 0.308. The van der Waals surface area contributed by atoms with Gasteiger partial charge in [-0.15, -0.1) is 0 Å². The van der Waals surface area contributed by atoms with E-state index >= 15 is 0 Å². The smallest absolute Gasteiger partial charge is 0.327 e. The quantitative estimate of drug-likeness (QED) is 0.533. The van der Waals surface area contributed by atoms with Crippen LogP contribution in [0.5, 0.6) is 5.75 Å². The number of hydrogen-bond acceptors (Lipinski definition) is 5. The minimum Gasteiger partial charge on any atom is -0.497 e. The van der Waals surface area contributed by atoms with Crippen molar-refractivity contribution in [3.63, 3.8) is 0 Å². The van der Waals surface area contributed by atoms with E-state index in [1.54, 1.807) is 24.1 Å². The molecule has 1 aliphatic rings. The SMILES string of the molecule is COc1ccc([C@@H](C)N2CCN(C)/N=C(\C)C[C@@H](C)N(C(=O)c3ccc(Cl)c(Cl)c3)C2=O)cc1. The third-order valence-corrected chi connectivity index (χ3v) is 6.68. The molecule has 0 bridgehead atoms. The molecule has 1 aliphatic heterocycles. The van der Waals surface area contributed by atoms with Crippen LogP contribution in [0.2, 0.25) is 10.0 Å². The Morgan fingerprint density at radius 3 is 2.41 bits per heavy atom. The summed E-state index contributed by atoms with van der Waals surface area (Å²) in [5, 5.41) is 7.05. The first kappa shape index (κ1) is 25.8. The van der Waals surface area contributed by atoms with Crippen molar-refractivity contribution in [1.82, 2.24) is 14.8 Å². The molecule has 0 saturated heterocycles. The highest BCUT2D eigenvalue weighted by molar-refractivity contribution is 6.42. The number of amides is 3. The minimum atomic E-state index is -0.426. The lowest BCUT2D eigenvalue weighted by molar-refractivity contribution is 0.0670. The highest BCUT2D eigenvalue weighted by Crippen LogP contribution is 2.28. The number of halogens is 2. The number of benzene rings is 2. The summed E-state index contributed by atoms with van der Waals surface area (Å²) in [6.07, 6.45) is 0.452. The summed E-state index contributed by atoms with van der Waals surface area (Å²) in [5.41, 5.74) is 2.07. The molecule has 1 heterocycles. The van der Waals surface area contributed by atoms with Crippen LogP contribution in [0.1, 0.15) is 49.2 Å². The number of rotatable bonds is 4. The molecule has 0 aliphatic carbocycles. The van der Waals surface area contributed by atoms with Gasteiger partial charge in [-0.05, 0) is 56.7 Å². The molecule has 0 saturated carbocycles. The zero-order valence-corrected chi connectivity index (χ0v) is 21.6. The normalized spacial score (nSPS) is 20.0. The van der Waals surface area contributed by atoms with Crippen LogP contribution in [-0.4, -0.2) is 65.7 Å². The number of hydrazone groups is 1. The molecule has 2 atom stereocenters. The van der Waals surface area contributed by atoms with E-state index in [0.29, 0.717) is 30.1 Å². The van der Waals surface area contributed by atoms with E-state index in [-0.39, 0.29) is 17.1 Å². The first-order chi connectivity index (χ1) is 16.1. The van der Waals surface area contributed by atoms with Gasteiger partial charge < -0.3 is 9.64 Å². The topological polar surface area (TPSA) is 65.5 Å². The van der Waals surface area contributed by atoms with Crippen LogP contribution in [0.25, 0.3) is 0 Å². The van der Waals surface area contributed by atoms with Gasteiger partial charge in [0.05, 0.1) is 29.7 Å². The molecule has 7 nitrogen and oxygen atoms in total. The number of carbonyl (C=O) groups excluding carboxylic acids is 2. The first-order valence-corrected chi connectivity index (χ1v) is 11.9. The molecule has 34 heavy (non-hydrogen) atoms. The van der Waals surface area contributed by atoms with E-state index < -0.39 is 11.9 Å². The Hall–Kier alpha value is -2.77. The highest BCUT2D eigenvalue weighted by atomic mass is 35.5. The van der Waals surface area contributed by atoms with E-state index in [1.165, 1.54) is 11.0 Å². The maximum Gasteiger partial charge on any atom is 0.327 e. The number of ether oxygens (including phenoxy) is 1. The summed E-state index contributed by atoms with van der Waals surface area (Å²) in [7, 11) is 3.49. The summed E-state index contributed by atoms with van der Waals surface area (Å²) in [6, 6.07) is 11.1. The molecule has 0 spiro atoms. The molecule has 9 heteroatoms. The summed E-state index contributed by atoms with van der Waals surface area (Å²) >= 11 is 12.2. The Balaban J connectivity index is 2.03. The fraction of sp³-hybridized carbons (Fsp3) is 0.400. The van der Waals surface area contributed by atoms with Gasteiger partial charge in [-0.25, -0.2) is 4.79 Å². The molecule has 0 radical (unpaired) electrons. The van der Waals surface area contributed by atoms with E-state index in [1.807, 2.05) is 57.1 Å². The molecule has 2 aromatic rings. The van der Waals surface area contributed by atoms with Gasteiger partial charge in [0.25, 0.3) is 5.91 Å². The fourth-order valence-electron chi connectivity index (χ4n) is 4.05. The molecular formula is C25H30Cl2N4O3. The van der Waals surface area contributed by atoms with E-state index in [2.05, 4.69) is 5.10 Å². The Bertz CT molecular complexity index is 1070. The van der Waals surface area contributed by atoms with Crippen LogP contribution >= 0.6 is 23.2 Å². The zero-order chi connectivity index (χ0) is 25.0. The van der Waals surface area contributed by atoms with Crippen molar-refractivity contribution in [2.45, 2.75) is 39.3 Å². The predicted molar refractivity (Wildman–Crippen MR) is 136 cm³/mol. The largest absolute Gasteiger partial charge is 0.497 e. The maximum atomic E-state index is 14.0. The fourth-order valence-corrected chi connectivity index (χ4v) is 4.35. The van der Waals surface area contributed by atoms with Gasteiger partial charge in [0.15, 0.2) is 0 Å². The van der Waals surface area contributed by atoms with Crippen LogP contribution in [0.3, 0.4) is 0 Å². The van der Waals surface area contributed by atoms with Crippen molar-refractivity contribution in [1.29, 1.82) is 0 Å². The monoisotopic (exact) mass is 504 g/mol. The van der Waals surface area contributed by atoms with Crippen LogP contribution in [0.4, 0.5) is 4.79 Å². The standard InChI is InChI=1S/C25H30Cl2N4O3/c1-16-14-17(2)31(24(32)20-8-11-22(26)23(27)15-20)25(33)30(13-12-29(4)28-16)18(3)19-6-9-21(34-5)10-7-19/h6-11,15,17-18H,12-14H2,1-5H3/b28-16+/t17-,18-/m1/s1. The van der Waals surface area contributed by atoms with Gasteiger partial charge >= 0.3 is 6.03 Å². The second-order valence-corrected chi connectivity index (χ2v) is 9.31. The van der Waals surface area contributed by atoms with Gasteiger partial charge in [-0.3, -0.25) is 14.7 Å². The second-order valence-electron chi connectivity index (χ2n) is 8.50. The molecule has 3 rings (SSSR count). The van der Waals surface area contributed by atoms with Crippen LogP contribution in [0, 0.1) is 0 Å². The molecular weight excluding hydrogens is 475 g/mol. The first-order valence-electron chi connectivity index (χ1n) is 11.1. The molecule has 0 unspecified atom stereocenters. The third-order valence-electron chi connectivity index (χ3n) is 5.94. The summed E-state index contributed by atoms with van der Waals surface area (Å²) < 4.78 is 5.26. The predicted octanol–water partition coefficient (Wildman–Crippen LogP) is 5.73. The van der Waals surface area contributed by atoms with Crippen molar-refractivity contribution in [2.24, 2.45) is 5.10 Å². The average Bonchev–Trinajstić information content (AvgIpc) is 2.80. The second kappa shape index (κ2) is 11.1. The molecule has 0 aromatic heterocycles. The number of methoxy groups -OCH3 is 1. The number of hydrogen-bond donors (Lipinski definition) is 0. The van der Waals surface area contributed by atoms with Crippen molar-refractivity contribution < 1.29 is 14.3 Å². The van der Waals surface area contributed by atoms with E-state index in [9.17, 15) is 9.59 Å². The highest BCUT2D eigenvalue weighted by Gasteiger charge is 2.35. The average molecular weight is 505 g/mol. The molecule has 182 valence electrons.